The maximum absolute atomic E-state index is 12.9. The highest BCUT2D eigenvalue weighted by atomic mass is 16.6. The molecule has 0 aromatic heterocycles. The van der Waals surface area contributed by atoms with E-state index in [4.69, 9.17) is 14.2 Å². The average Bonchev–Trinajstić information content (AvgIpc) is 3.45. The molecular weight excluding hydrogens is 973 g/mol. The van der Waals surface area contributed by atoms with Gasteiger partial charge in [-0.3, -0.25) is 14.4 Å². The smallest absolute Gasteiger partial charge is 0.306 e. The van der Waals surface area contributed by atoms with Crippen molar-refractivity contribution in [3.05, 3.63) is 48.6 Å². The summed E-state index contributed by atoms with van der Waals surface area (Å²) in [4.78, 5) is 38.4. The molecule has 462 valence electrons. The van der Waals surface area contributed by atoms with Crippen LogP contribution in [0.5, 0.6) is 0 Å². The molecule has 0 aromatic carbocycles. The van der Waals surface area contributed by atoms with E-state index < -0.39 is 6.10 Å². The first-order valence-corrected chi connectivity index (χ1v) is 35.1. The van der Waals surface area contributed by atoms with E-state index in [1.807, 2.05) is 0 Å². The van der Waals surface area contributed by atoms with Gasteiger partial charge in [0.25, 0.3) is 0 Å². The fraction of sp³-hybridized carbons (Fsp3) is 0.849. The maximum Gasteiger partial charge on any atom is 0.306 e. The number of ether oxygens (including phenoxy) is 3. The lowest BCUT2D eigenvalue weighted by molar-refractivity contribution is -0.167. The molecule has 0 aliphatic carbocycles. The van der Waals surface area contributed by atoms with Gasteiger partial charge in [-0.05, 0) is 57.8 Å². The number of unbranched alkanes of at least 4 members (excludes halogenated alkanes) is 46. The molecule has 6 nitrogen and oxygen atoms in total. The Kier molecular flexibility index (Phi) is 65.6. The molecule has 0 heterocycles. The molecule has 0 aliphatic heterocycles. The van der Waals surface area contributed by atoms with Gasteiger partial charge in [0.05, 0.1) is 0 Å². The quantitative estimate of drug-likeness (QED) is 0.0261. The molecule has 0 bridgehead atoms. The summed E-state index contributed by atoms with van der Waals surface area (Å²) in [5, 5.41) is 0. The number of rotatable bonds is 65. The topological polar surface area (TPSA) is 78.9 Å². The molecular formula is C73H134O6. The third kappa shape index (κ3) is 66.1. The van der Waals surface area contributed by atoms with Gasteiger partial charge < -0.3 is 14.2 Å². The summed E-state index contributed by atoms with van der Waals surface area (Å²) in [6.45, 7) is 6.60. The van der Waals surface area contributed by atoms with Crippen molar-refractivity contribution in [2.75, 3.05) is 13.2 Å². The van der Waals surface area contributed by atoms with Crippen molar-refractivity contribution < 1.29 is 28.6 Å². The SMILES string of the molecule is CC/C=C\C/C=C\C/C=C\C/C=C\CCCCCCCCCCCCCCCCCCCCC(=O)OCC(COC(=O)CCCCCCCCCCCCCCCCC)OC(=O)CCCCCCCCCCCCCCCCC. The molecule has 0 spiro atoms. The van der Waals surface area contributed by atoms with E-state index >= 15 is 0 Å². The molecule has 0 amide bonds. The van der Waals surface area contributed by atoms with Gasteiger partial charge in [0.1, 0.15) is 13.2 Å². The number of allylic oxidation sites excluding steroid dienone is 8. The number of hydrogen-bond donors (Lipinski definition) is 0. The monoisotopic (exact) mass is 1110 g/mol. The molecule has 0 rings (SSSR count). The molecule has 0 saturated heterocycles. The first kappa shape index (κ1) is 76.4. The standard InChI is InChI=1S/C73H134O6/c1-4-7-10-13-16-19-22-25-28-29-30-31-32-33-34-35-36-37-38-39-40-41-42-43-46-48-51-54-57-60-63-66-72(75)78-69-70(79-73(76)67-64-61-58-55-52-49-45-27-24-21-18-15-12-9-6-3)68-77-71(74)65-62-59-56-53-50-47-44-26-23-20-17-14-11-8-5-2/h7,10,16,19,25,28,30-31,70H,4-6,8-9,11-15,17-18,20-24,26-27,29,32-69H2,1-3H3/b10-7-,19-16-,28-25-,31-30-. The zero-order valence-electron chi connectivity index (χ0n) is 53.2. The van der Waals surface area contributed by atoms with E-state index in [0.717, 1.165) is 83.5 Å². The highest BCUT2D eigenvalue weighted by Crippen LogP contribution is 2.19. The van der Waals surface area contributed by atoms with Gasteiger partial charge in [-0.15, -0.1) is 0 Å². The van der Waals surface area contributed by atoms with Crippen LogP contribution in [0.2, 0.25) is 0 Å². The molecule has 0 radical (unpaired) electrons. The van der Waals surface area contributed by atoms with Gasteiger partial charge in [0, 0.05) is 19.3 Å². The summed E-state index contributed by atoms with van der Waals surface area (Å²) in [6, 6.07) is 0. The Hall–Kier alpha value is -2.63. The second-order valence-electron chi connectivity index (χ2n) is 23.8. The molecule has 0 saturated carbocycles. The lowest BCUT2D eigenvalue weighted by Gasteiger charge is -2.18. The molecule has 0 N–H and O–H groups in total. The highest BCUT2D eigenvalue weighted by molar-refractivity contribution is 5.71. The second kappa shape index (κ2) is 67.9. The van der Waals surface area contributed by atoms with E-state index in [-0.39, 0.29) is 31.1 Å². The Bertz CT molecular complexity index is 1360. The molecule has 79 heavy (non-hydrogen) atoms. The summed E-state index contributed by atoms with van der Waals surface area (Å²) < 4.78 is 17.0. The van der Waals surface area contributed by atoms with Crippen LogP contribution in [0.4, 0.5) is 0 Å². The van der Waals surface area contributed by atoms with Gasteiger partial charge in [0.2, 0.25) is 0 Å². The number of carbonyl (C=O) groups excluding carboxylic acids is 3. The van der Waals surface area contributed by atoms with Crippen LogP contribution in [0.25, 0.3) is 0 Å². The van der Waals surface area contributed by atoms with Crippen LogP contribution < -0.4 is 0 Å². The Labute approximate surface area is 492 Å². The summed E-state index contributed by atoms with van der Waals surface area (Å²) in [5.74, 6) is -0.834. The van der Waals surface area contributed by atoms with Crippen molar-refractivity contribution in [2.45, 2.75) is 386 Å². The van der Waals surface area contributed by atoms with Crippen molar-refractivity contribution in [1.29, 1.82) is 0 Å². The molecule has 6 heteroatoms. The number of carbonyl (C=O) groups is 3. The lowest BCUT2D eigenvalue weighted by atomic mass is 10.0. The highest BCUT2D eigenvalue weighted by Gasteiger charge is 2.19. The van der Waals surface area contributed by atoms with E-state index in [0.29, 0.717) is 19.3 Å². The van der Waals surface area contributed by atoms with Crippen molar-refractivity contribution in [1.82, 2.24) is 0 Å². The summed E-state index contributed by atoms with van der Waals surface area (Å²) in [6.07, 6.45) is 85.7. The van der Waals surface area contributed by atoms with Crippen LogP contribution in [0, 0.1) is 0 Å². The number of esters is 3. The van der Waals surface area contributed by atoms with Gasteiger partial charge in [-0.25, -0.2) is 0 Å². The molecule has 1 atom stereocenters. The molecule has 0 aromatic rings. The van der Waals surface area contributed by atoms with Gasteiger partial charge >= 0.3 is 17.9 Å². The fourth-order valence-electron chi connectivity index (χ4n) is 10.6. The largest absolute Gasteiger partial charge is 0.462 e. The Balaban J connectivity index is 4.15. The normalized spacial score (nSPS) is 12.3. The summed E-state index contributed by atoms with van der Waals surface area (Å²) in [7, 11) is 0. The van der Waals surface area contributed by atoms with Crippen molar-refractivity contribution >= 4 is 17.9 Å². The van der Waals surface area contributed by atoms with E-state index in [2.05, 4.69) is 69.4 Å². The van der Waals surface area contributed by atoms with E-state index in [1.54, 1.807) is 0 Å². The predicted octanol–water partition coefficient (Wildman–Crippen LogP) is 24.1. The van der Waals surface area contributed by atoms with Crippen molar-refractivity contribution in [3.63, 3.8) is 0 Å². The van der Waals surface area contributed by atoms with Gasteiger partial charge in [-0.2, -0.15) is 0 Å². The Morgan fingerprint density at radius 1 is 0.266 bits per heavy atom. The third-order valence-electron chi connectivity index (χ3n) is 15.8. The fourth-order valence-corrected chi connectivity index (χ4v) is 10.6. The molecule has 1 unspecified atom stereocenters. The minimum absolute atomic E-state index is 0.0647. The predicted molar refractivity (Wildman–Crippen MR) is 344 cm³/mol. The van der Waals surface area contributed by atoms with E-state index in [9.17, 15) is 14.4 Å². The summed E-state index contributed by atoms with van der Waals surface area (Å²) >= 11 is 0. The first-order valence-electron chi connectivity index (χ1n) is 35.1. The number of hydrogen-bond acceptors (Lipinski definition) is 6. The zero-order valence-corrected chi connectivity index (χ0v) is 53.2. The zero-order chi connectivity index (χ0) is 57.1. The van der Waals surface area contributed by atoms with Crippen LogP contribution in [0.3, 0.4) is 0 Å². The second-order valence-corrected chi connectivity index (χ2v) is 23.8. The maximum atomic E-state index is 12.9. The van der Waals surface area contributed by atoms with E-state index in [1.165, 1.54) is 257 Å². The average molecular weight is 1110 g/mol. The Morgan fingerprint density at radius 2 is 0.494 bits per heavy atom. The minimum Gasteiger partial charge on any atom is -0.462 e. The third-order valence-corrected chi connectivity index (χ3v) is 15.8. The minimum atomic E-state index is -0.767. The van der Waals surface area contributed by atoms with Crippen LogP contribution >= 0.6 is 0 Å². The molecule has 0 fully saturated rings. The van der Waals surface area contributed by atoms with Crippen LogP contribution in [0.1, 0.15) is 380 Å². The lowest BCUT2D eigenvalue weighted by Crippen LogP contribution is -2.30. The summed E-state index contributed by atoms with van der Waals surface area (Å²) in [5.41, 5.74) is 0. The van der Waals surface area contributed by atoms with Crippen LogP contribution in [-0.2, 0) is 28.6 Å². The van der Waals surface area contributed by atoms with Crippen LogP contribution in [-0.4, -0.2) is 37.2 Å². The first-order chi connectivity index (χ1) is 39.0. The van der Waals surface area contributed by atoms with Crippen molar-refractivity contribution in [2.24, 2.45) is 0 Å². The molecule has 0 aliphatic rings. The van der Waals surface area contributed by atoms with Crippen molar-refractivity contribution in [3.8, 4) is 0 Å². The van der Waals surface area contributed by atoms with Crippen LogP contribution in [0.15, 0.2) is 48.6 Å². The van der Waals surface area contributed by atoms with Gasteiger partial charge in [0.15, 0.2) is 6.10 Å². The Morgan fingerprint density at radius 3 is 0.772 bits per heavy atom. The van der Waals surface area contributed by atoms with Gasteiger partial charge in [-0.1, -0.05) is 352 Å².